The van der Waals surface area contributed by atoms with Crippen molar-refractivity contribution in [3.05, 3.63) is 78.6 Å². The van der Waals surface area contributed by atoms with Crippen LogP contribution in [0.4, 0.5) is 4.79 Å². The normalized spacial score (nSPS) is 12.2. The third kappa shape index (κ3) is 3.22. The van der Waals surface area contributed by atoms with Crippen molar-refractivity contribution in [2.45, 2.75) is 6.10 Å². The van der Waals surface area contributed by atoms with Crippen LogP contribution in [0, 0.1) is 0 Å². The zero-order chi connectivity index (χ0) is 17.9. The van der Waals surface area contributed by atoms with Gasteiger partial charge in [0.15, 0.2) is 0 Å². The summed E-state index contributed by atoms with van der Waals surface area (Å²) < 4.78 is 1.55. The van der Waals surface area contributed by atoms with Gasteiger partial charge in [-0.2, -0.15) is 0 Å². The Morgan fingerprint density at radius 1 is 1.04 bits per heavy atom. The van der Waals surface area contributed by atoms with Crippen molar-refractivity contribution < 1.29 is 9.90 Å². The molecule has 26 heavy (non-hydrogen) atoms. The van der Waals surface area contributed by atoms with Crippen molar-refractivity contribution in [3.63, 3.8) is 0 Å². The minimum absolute atomic E-state index is 0.108. The van der Waals surface area contributed by atoms with Crippen LogP contribution < -0.4 is 10.7 Å². The van der Waals surface area contributed by atoms with Crippen molar-refractivity contribution in [3.8, 4) is 0 Å². The zero-order valence-corrected chi connectivity index (χ0v) is 14.0. The highest BCUT2D eigenvalue weighted by molar-refractivity contribution is 5.85. The van der Waals surface area contributed by atoms with Gasteiger partial charge in [-0.1, -0.05) is 48.5 Å². The van der Waals surface area contributed by atoms with E-state index in [9.17, 15) is 9.90 Å². The van der Waals surface area contributed by atoms with Gasteiger partial charge in [-0.3, -0.25) is 0 Å². The second-order valence-corrected chi connectivity index (χ2v) is 6.05. The van der Waals surface area contributed by atoms with E-state index < -0.39 is 12.1 Å². The number of imidazole rings is 1. The molecule has 6 nitrogen and oxygen atoms in total. The molecule has 0 spiro atoms. The summed E-state index contributed by atoms with van der Waals surface area (Å²) in [4.78, 5) is 16.3. The number of amides is 2. The van der Waals surface area contributed by atoms with Crippen molar-refractivity contribution in [1.29, 1.82) is 0 Å². The molecule has 0 aliphatic heterocycles. The van der Waals surface area contributed by atoms with Crippen LogP contribution in [0.1, 0.15) is 11.7 Å². The van der Waals surface area contributed by atoms with Gasteiger partial charge in [0.1, 0.15) is 6.33 Å². The zero-order valence-electron chi connectivity index (χ0n) is 14.0. The molecule has 130 valence electrons. The molecule has 0 aliphatic rings. The number of nitrogens with one attached hydrogen (secondary N) is 2. The number of carbonyl (C=O) groups is 1. The Balaban J connectivity index is 1.40. The van der Waals surface area contributed by atoms with Gasteiger partial charge in [0.05, 0.1) is 17.1 Å². The first-order valence-corrected chi connectivity index (χ1v) is 8.34. The Morgan fingerprint density at radius 3 is 2.69 bits per heavy atom. The van der Waals surface area contributed by atoms with E-state index in [-0.39, 0.29) is 6.54 Å². The number of fused-ring (bicyclic) bond motifs is 2. The lowest BCUT2D eigenvalue weighted by Crippen LogP contribution is -2.36. The second-order valence-electron chi connectivity index (χ2n) is 6.05. The fourth-order valence-corrected chi connectivity index (χ4v) is 2.92. The summed E-state index contributed by atoms with van der Waals surface area (Å²) in [6.07, 6.45) is 0.759. The number of aliphatic hydroxyl groups excluding tert-OH is 1. The van der Waals surface area contributed by atoms with Crippen molar-refractivity contribution in [2.75, 3.05) is 12.0 Å². The standard InChI is InChI=1S/C20H18N4O2/c25-19(16-10-9-14-5-1-2-6-15(14)11-16)12-21-20(26)23-24-13-22-17-7-3-4-8-18(17)24/h1-11,13,19,25H,12H2,(H2,21,23,26)/t19-/m1/s1. The molecule has 3 aromatic carbocycles. The van der Waals surface area contributed by atoms with Gasteiger partial charge in [-0.15, -0.1) is 0 Å². The highest BCUT2D eigenvalue weighted by Gasteiger charge is 2.11. The molecular weight excluding hydrogens is 328 g/mol. The maximum absolute atomic E-state index is 12.1. The smallest absolute Gasteiger partial charge is 0.334 e. The largest absolute Gasteiger partial charge is 0.387 e. The molecule has 3 N–H and O–H groups in total. The molecule has 1 atom stereocenters. The summed E-state index contributed by atoms with van der Waals surface area (Å²) in [6.45, 7) is 0.108. The Kier molecular flexibility index (Phi) is 4.25. The van der Waals surface area contributed by atoms with E-state index in [2.05, 4.69) is 15.7 Å². The Bertz CT molecular complexity index is 1070. The van der Waals surface area contributed by atoms with Crippen LogP contribution in [0.15, 0.2) is 73.1 Å². The monoisotopic (exact) mass is 346 g/mol. The number of hydrogen-bond acceptors (Lipinski definition) is 3. The molecule has 0 bridgehead atoms. The molecule has 6 heteroatoms. The maximum Gasteiger partial charge on any atom is 0.334 e. The molecule has 0 fully saturated rings. The lowest BCUT2D eigenvalue weighted by Gasteiger charge is -2.14. The fraction of sp³-hybridized carbons (Fsp3) is 0.100. The van der Waals surface area contributed by atoms with Crippen LogP contribution >= 0.6 is 0 Å². The molecule has 1 aromatic heterocycles. The molecule has 0 radical (unpaired) electrons. The number of aromatic nitrogens is 2. The van der Waals surface area contributed by atoms with E-state index in [0.29, 0.717) is 0 Å². The van der Waals surface area contributed by atoms with Gasteiger partial charge in [0.25, 0.3) is 0 Å². The number of nitrogens with zero attached hydrogens (tertiary/aromatic N) is 2. The lowest BCUT2D eigenvalue weighted by atomic mass is 10.0. The van der Waals surface area contributed by atoms with Crippen molar-refractivity contribution >= 4 is 27.8 Å². The number of hydrogen-bond donors (Lipinski definition) is 3. The number of urea groups is 1. The maximum atomic E-state index is 12.1. The molecule has 0 saturated heterocycles. The van der Waals surface area contributed by atoms with Gasteiger partial charge >= 0.3 is 6.03 Å². The van der Waals surface area contributed by atoms with E-state index in [4.69, 9.17) is 0 Å². The van der Waals surface area contributed by atoms with E-state index in [0.717, 1.165) is 27.4 Å². The van der Waals surface area contributed by atoms with Gasteiger partial charge in [-0.25, -0.2) is 19.9 Å². The highest BCUT2D eigenvalue weighted by atomic mass is 16.3. The molecule has 4 aromatic rings. The third-order valence-electron chi connectivity index (χ3n) is 4.29. The minimum Gasteiger partial charge on any atom is -0.387 e. The summed E-state index contributed by atoms with van der Waals surface area (Å²) in [5, 5.41) is 15.2. The van der Waals surface area contributed by atoms with E-state index >= 15 is 0 Å². The van der Waals surface area contributed by atoms with E-state index in [1.807, 2.05) is 66.7 Å². The summed E-state index contributed by atoms with van der Waals surface area (Å²) in [5.41, 5.74) is 5.05. The molecule has 4 rings (SSSR count). The Morgan fingerprint density at radius 2 is 1.81 bits per heavy atom. The van der Waals surface area contributed by atoms with Gasteiger partial charge in [0, 0.05) is 6.54 Å². The highest BCUT2D eigenvalue weighted by Crippen LogP contribution is 2.20. The average molecular weight is 346 g/mol. The number of benzene rings is 3. The number of aliphatic hydroxyl groups is 1. The van der Waals surface area contributed by atoms with Gasteiger partial charge in [-0.05, 0) is 34.5 Å². The molecule has 1 heterocycles. The first kappa shape index (κ1) is 16.1. The molecule has 0 saturated carbocycles. The van der Waals surface area contributed by atoms with Gasteiger partial charge in [0.2, 0.25) is 0 Å². The fourth-order valence-electron chi connectivity index (χ4n) is 2.92. The third-order valence-corrected chi connectivity index (χ3v) is 4.29. The van der Waals surface area contributed by atoms with Crippen LogP contribution in [-0.2, 0) is 0 Å². The number of rotatable bonds is 4. The van der Waals surface area contributed by atoms with Crippen LogP contribution in [0.5, 0.6) is 0 Å². The quantitative estimate of drug-likeness (QED) is 0.531. The summed E-state index contributed by atoms with van der Waals surface area (Å²) in [5.74, 6) is 0. The second kappa shape index (κ2) is 6.85. The van der Waals surface area contributed by atoms with E-state index in [1.54, 1.807) is 11.0 Å². The SMILES string of the molecule is O=C(NC[C@@H](O)c1ccc2ccccc2c1)Nn1cnc2ccccc21. The van der Waals surface area contributed by atoms with Gasteiger partial charge < -0.3 is 10.4 Å². The van der Waals surface area contributed by atoms with Crippen molar-refractivity contribution in [1.82, 2.24) is 15.0 Å². The number of para-hydroxylation sites is 2. The average Bonchev–Trinajstić information content (AvgIpc) is 3.08. The summed E-state index contributed by atoms with van der Waals surface area (Å²) in [6, 6.07) is 20.8. The van der Waals surface area contributed by atoms with Crippen molar-refractivity contribution in [2.24, 2.45) is 0 Å². The Hall–Kier alpha value is -3.38. The summed E-state index contributed by atoms with van der Waals surface area (Å²) in [7, 11) is 0. The van der Waals surface area contributed by atoms with E-state index in [1.165, 1.54) is 0 Å². The van der Waals surface area contributed by atoms with Crippen LogP contribution in [0.2, 0.25) is 0 Å². The molecule has 0 aliphatic carbocycles. The Labute approximate surface area is 150 Å². The molecular formula is C20H18N4O2. The topological polar surface area (TPSA) is 79.2 Å². The number of carbonyl (C=O) groups excluding carboxylic acids is 1. The summed E-state index contributed by atoms with van der Waals surface area (Å²) >= 11 is 0. The van der Waals surface area contributed by atoms with Crippen LogP contribution in [0.25, 0.3) is 21.8 Å². The first-order valence-electron chi connectivity index (χ1n) is 8.34. The first-order chi connectivity index (χ1) is 12.7. The predicted octanol–water partition coefficient (Wildman–Crippen LogP) is 3.18. The predicted molar refractivity (Wildman–Crippen MR) is 101 cm³/mol. The van der Waals surface area contributed by atoms with Crippen LogP contribution in [0.3, 0.4) is 0 Å². The molecule has 0 unspecified atom stereocenters. The van der Waals surface area contributed by atoms with Crippen LogP contribution in [-0.4, -0.2) is 27.3 Å². The lowest BCUT2D eigenvalue weighted by molar-refractivity contribution is 0.175. The minimum atomic E-state index is -0.787. The molecule has 2 amide bonds.